The highest BCUT2D eigenvalue weighted by Gasteiger charge is 2.59. The smallest absolute Gasteiger partial charge is 0.290 e. The number of ether oxygens (including phenoxy) is 2. The first-order valence-corrected chi connectivity index (χ1v) is 12.4. The van der Waals surface area contributed by atoms with Crippen LogP contribution in [0.25, 0.3) is 0 Å². The van der Waals surface area contributed by atoms with Crippen LogP contribution in [-0.2, 0) is 25.5 Å². The van der Waals surface area contributed by atoms with E-state index in [2.05, 4.69) is 9.88 Å². The van der Waals surface area contributed by atoms with Gasteiger partial charge in [0.05, 0.1) is 12.8 Å². The van der Waals surface area contributed by atoms with Gasteiger partial charge >= 0.3 is 0 Å². The van der Waals surface area contributed by atoms with Crippen LogP contribution in [0.2, 0.25) is 0 Å². The van der Waals surface area contributed by atoms with Gasteiger partial charge in [0.25, 0.3) is 12.4 Å². The van der Waals surface area contributed by atoms with E-state index in [1.54, 1.807) is 11.4 Å². The maximum absolute atomic E-state index is 13.6. The number of carboxylic acid groups (broad SMARTS) is 1. The number of piperidine rings is 1. The average molecular weight is 518 g/mol. The minimum atomic E-state index is -1.52. The van der Waals surface area contributed by atoms with Gasteiger partial charge in [-0.2, -0.15) is 4.31 Å². The number of piperazine rings is 1. The van der Waals surface area contributed by atoms with E-state index in [0.717, 1.165) is 12.6 Å². The summed E-state index contributed by atoms with van der Waals surface area (Å²) in [6.07, 6.45) is 3.57. The minimum absolute atomic E-state index is 0.0453. The molecule has 3 saturated heterocycles. The molecule has 3 N–H and O–H groups in total. The number of likely N-dealkylation sites (tertiary alicyclic amines) is 1. The minimum Gasteiger partial charge on any atom is -0.483 e. The Morgan fingerprint density at radius 1 is 1.37 bits per heavy atom. The normalized spacial score (nSPS) is 26.4. The molecule has 1 aromatic heterocycles. The van der Waals surface area contributed by atoms with Gasteiger partial charge in [-0.1, -0.05) is 0 Å². The molecule has 4 heterocycles. The van der Waals surface area contributed by atoms with Crippen LogP contribution in [0.5, 0.6) is 5.88 Å². The molecule has 4 rings (SSSR count). The number of carbonyl (C=O) groups excluding carboxylic acids is 1. The van der Waals surface area contributed by atoms with Gasteiger partial charge in [0.2, 0.25) is 5.88 Å². The fraction of sp³-hybridized carbons (Fsp3) is 0.667. The SMILES string of the molecule is COCCN1CC2CCC(C(=O)NO)(C1)N2S(=O)N1CCC(Oc2ccc(F)cn2)CC1.O=CO. The molecule has 35 heavy (non-hydrogen) atoms. The van der Waals surface area contributed by atoms with Crippen LogP contribution in [0.15, 0.2) is 18.3 Å². The first kappa shape index (κ1) is 27.4. The van der Waals surface area contributed by atoms with E-state index in [4.69, 9.17) is 19.4 Å². The lowest BCUT2D eigenvalue weighted by Gasteiger charge is -2.48. The number of fused-ring (bicyclic) bond motifs is 2. The summed E-state index contributed by atoms with van der Waals surface area (Å²) in [7, 11) is 1.63. The number of hydrogen-bond donors (Lipinski definition) is 3. The zero-order chi connectivity index (χ0) is 25.4. The van der Waals surface area contributed by atoms with Gasteiger partial charge in [0, 0.05) is 51.9 Å². The van der Waals surface area contributed by atoms with E-state index in [-0.39, 0.29) is 18.6 Å². The van der Waals surface area contributed by atoms with Crippen molar-refractivity contribution >= 4 is 23.6 Å². The summed E-state index contributed by atoms with van der Waals surface area (Å²) in [5.74, 6) is -0.564. The third-order valence-corrected chi connectivity index (χ3v) is 8.30. The molecule has 0 aliphatic carbocycles. The van der Waals surface area contributed by atoms with E-state index in [0.29, 0.717) is 64.5 Å². The van der Waals surface area contributed by atoms with Crippen LogP contribution in [0, 0.1) is 5.82 Å². The summed E-state index contributed by atoms with van der Waals surface area (Å²) in [4.78, 5) is 27.2. The average Bonchev–Trinajstić information content (AvgIpc) is 3.11. The van der Waals surface area contributed by atoms with Crippen molar-refractivity contribution in [2.45, 2.75) is 43.4 Å². The van der Waals surface area contributed by atoms with Gasteiger partial charge in [-0.25, -0.2) is 23.4 Å². The van der Waals surface area contributed by atoms with E-state index in [1.807, 2.05) is 9.79 Å². The number of carbonyl (C=O) groups is 2. The lowest BCUT2D eigenvalue weighted by atomic mass is 9.96. The molecule has 2 bridgehead atoms. The highest BCUT2D eigenvalue weighted by Crippen LogP contribution is 2.41. The van der Waals surface area contributed by atoms with Crippen molar-refractivity contribution < 1.29 is 38.0 Å². The number of halogens is 1. The van der Waals surface area contributed by atoms with Crippen molar-refractivity contribution in [1.82, 2.24) is 24.0 Å². The molecule has 1 aromatic rings. The lowest BCUT2D eigenvalue weighted by Crippen LogP contribution is -2.69. The summed E-state index contributed by atoms with van der Waals surface area (Å²) in [5.41, 5.74) is 0.771. The van der Waals surface area contributed by atoms with Crippen LogP contribution in [0.1, 0.15) is 25.7 Å². The molecule has 14 heteroatoms. The maximum Gasteiger partial charge on any atom is 0.290 e. The van der Waals surface area contributed by atoms with Gasteiger partial charge in [-0.15, -0.1) is 0 Å². The topological polar surface area (TPSA) is 145 Å². The van der Waals surface area contributed by atoms with Crippen molar-refractivity contribution in [2.75, 3.05) is 46.4 Å². The second-order valence-corrected chi connectivity index (χ2v) is 9.99. The van der Waals surface area contributed by atoms with E-state index < -0.39 is 28.4 Å². The van der Waals surface area contributed by atoms with Gasteiger partial charge in [0.15, 0.2) is 11.2 Å². The summed E-state index contributed by atoms with van der Waals surface area (Å²) in [6, 6.07) is 2.76. The number of hydroxylamine groups is 1. The molecule has 3 aliphatic heterocycles. The van der Waals surface area contributed by atoms with Crippen molar-refractivity contribution in [2.24, 2.45) is 0 Å². The molecule has 3 atom stereocenters. The summed E-state index contributed by atoms with van der Waals surface area (Å²) in [6.45, 7) is 3.13. The molecule has 1 amide bonds. The third-order valence-electron chi connectivity index (χ3n) is 6.51. The second kappa shape index (κ2) is 12.6. The van der Waals surface area contributed by atoms with Gasteiger partial charge in [0.1, 0.15) is 17.5 Å². The van der Waals surface area contributed by atoms with Crippen LogP contribution in [0.3, 0.4) is 0 Å². The predicted molar refractivity (Wildman–Crippen MR) is 122 cm³/mol. The molecule has 0 spiro atoms. The first-order valence-electron chi connectivity index (χ1n) is 11.4. The van der Waals surface area contributed by atoms with Crippen molar-refractivity contribution in [3.8, 4) is 5.88 Å². The van der Waals surface area contributed by atoms with E-state index in [1.165, 1.54) is 12.1 Å². The van der Waals surface area contributed by atoms with Gasteiger partial charge in [-0.05, 0) is 31.7 Å². The van der Waals surface area contributed by atoms with Crippen LogP contribution >= 0.6 is 0 Å². The maximum atomic E-state index is 13.6. The Kier molecular flexibility index (Phi) is 9.89. The first-order chi connectivity index (χ1) is 16.9. The van der Waals surface area contributed by atoms with Crippen molar-refractivity contribution in [3.05, 3.63) is 24.1 Å². The predicted octanol–water partition coefficient (Wildman–Crippen LogP) is 0.0140. The highest BCUT2D eigenvalue weighted by molar-refractivity contribution is 7.80. The fourth-order valence-corrected chi connectivity index (χ4v) is 6.65. The molecular formula is C21H32FN5O7S. The largest absolute Gasteiger partial charge is 0.483 e. The van der Waals surface area contributed by atoms with Crippen molar-refractivity contribution in [3.63, 3.8) is 0 Å². The molecule has 0 radical (unpaired) electrons. The number of aromatic nitrogens is 1. The number of methoxy groups -OCH3 is 1. The molecule has 0 saturated carbocycles. The van der Waals surface area contributed by atoms with Crippen molar-refractivity contribution in [1.29, 1.82) is 0 Å². The number of amides is 1. The quantitative estimate of drug-likeness (QED) is 0.247. The number of nitrogens with one attached hydrogen (secondary N) is 1. The molecule has 3 aliphatic rings. The second-order valence-electron chi connectivity index (χ2n) is 8.62. The molecule has 12 nitrogen and oxygen atoms in total. The number of nitrogens with zero attached hydrogens (tertiary/aromatic N) is 4. The molecule has 3 fully saturated rings. The zero-order valence-electron chi connectivity index (χ0n) is 19.5. The molecular weight excluding hydrogens is 485 g/mol. The standard InChI is InChI=1S/C20H30FN5O5S.CH2O2/c1-30-11-10-24-13-16-4-7-20(14-24,19(27)23-28)26(16)32(29)25-8-5-17(6-9-25)31-18-3-2-15(21)12-22-18;2-1-3/h2-3,12,16-17,28H,4-11,13-14H2,1H3,(H,23,27);1H,(H,2,3). The fourth-order valence-electron chi connectivity index (χ4n) is 4.92. The zero-order valence-corrected chi connectivity index (χ0v) is 20.4. The Morgan fingerprint density at radius 2 is 2.09 bits per heavy atom. The number of hydrogen-bond acceptors (Lipinski definition) is 8. The lowest BCUT2D eigenvalue weighted by molar-refractivity contribution is -0.141. The van der Waals surface area contributed by atoms with E-state index in [9.17, 15) is 18.6 Å². The highest BCUT2D eigenvalue weighted by atomic mass is 32.2. The van der Waals surface area contributed by atoms with Crippen LogP contribution in [0.4, 0.5) is 4.39 Å². The summed E-state index contributed by atoms with van der Waals surface area (Å²) in [5, 5.41) is 16.3. The Hall–Kier alpha value is -2.23. The Labute approximate surface area is 205 Å². The molecule has 196 valence electrons. The molecule has 3 unspecified atom stereocenters. The van der Waals surface area contributed by atoms with E-state index >= 15 is 0 Å². The van der Waals surface area contributed by atoms with Crippen LogP contribution in [-0.4, -0.2) is 110 Å². The van der Waals surface area contributed by atoms with Crippen LogP contribution < -0.4 is 10.2 Å². The number of rotatable bonds is 8. The molecule has 0 aromatic carbocycles. The summed E-state index contributed by atoms with van der Waals surface area (Å²) < 4.78 is 41.3. The Bertz CT molecular complexity index is 874. The Morgan fingerprint density at radius 3 is 2.69 bits per heavy atom. The Balaban J connectivity index is 0.00000108. The van der Waals surface area contributed by atoms with Gasteiger partial charge < -0.3 is 14.6 Å². The third kappa shape index (κ3) is 6.32. The number of pyridine rings is 1. The monoisotopic (exact) mass is 517 g/mol. The van der Waals surface area contributed by atoms with Gasteiger partial charge in [-0.3, -0.25) is 19.7 Å². The summed E-state index contributed by atoms with van der Waals surface area (Å²) >= 11 is -1.52.